The first-order valence-electron chi connectivity index (χ1n) is 5.38. The van der Waals surface area contributed by atoms with Crippen LogP contribution in [-0.4, -0.2) is 34.9 Å². The number of nitrogens with one attached hydrogen (secondary N) is 1. The van der Waals surface area contributed by atoms with Crippen LogP contribution in [-0.2, 0) is 6.42 Å². The first-order chi connectivity index (χ1) is 8.11. The number of aryl methyl sites for hydroxylation is 1. The Kier molecular flexibility index (Phi) is 3.28. The van der Waals surface area contributed by atoms with Crippen molar-refractivity contribution in [2.75, 3.05) is 13.1 Å². The third kappa shape index (κ3) is 2.39. The van der Waals surface area contributed by atoms with Crippen molar-refractivity contribution in [1.29, 1.82) is 0 Å². The summed E-state index contributed by atoms with van der Waals surface area (Å²) in [5.74, 6) is -0.334. The second-order valence-corrected chi connectivity index (χ2v) is 4.10. The maximum atomic E-state index is 12.1. The highest BCUT2D eigenvalue weighted by atomic mass is 35.5. The van der Waals surface area contributed by atoms with Crippen LogP contribution in [0, 0.1) is 0 Å². The molecule has 0 bridgehead atoms. The molecule has 0 radical (unpaired) electrons. The van der Waals surface area contributed by atoms with E-state index in [0.717, 1.165) is 5.69 Å². The maximum absolute atomic E-state index is 12.1. The van der Waals surface area contributed by atoms with Gasteiger partial charge in [-0.15, -0.1) is 0 Å². The third-order valence-electron chi connectivity index (χ3n) is 2.56. The maximum Gasteiger partial charge on any atom is 0.324 e. The van der Waals surface area contributed by atoms with Gasteiger partial charge in [-0.2, -0.15) is 0 Å². The van der Waals surface area contributed by atoms with E-state index in [1.807, 2.05) is 6.92 Å². The Hall–Kier alpha value is -1.62. The number of carbonyl (C=O) groups is 2. The van der Waals surface area contributed by atoms with Crippen molar-refractivity contribution in [2.24, 2.45) is 0 Å². The molecule has 2 heterocycles. The van der Waals surface area contributed by atoms with Gasteiger partial charge in [-0.1, -0.05) is 18.5 Å². The van der Waals surface area contributed by atoms with Crippen LogP contribution in [0.2, 0.25) is 5.15 Å². The molecule has 17 heavy (non-hydrogen) atoms. The Balaban J connectivity index is 2.30. The highest BCUT2D eigenvalue weighted by molar-refractivity contribution is 6.29. The highest BCUT2D eigenvalue weighted by Crippen LogP contribution is 2.14. The number of hydrogen-bond acceptors (Lipinski definition) is 3. The number of urea groups is 1. The summed E-state index contributed by atoms with van der Waals surface area (Å²) in [6.45, 7) is 2.80. The molecule has 0 spiro atoms. The van der Waals surface area contributed by atoms with E-state index in [-0.39, 0.29) is 17.1 Å². The zero-order chi connectivity index (χ0) is 12.4. The molecular weight excluding hydrogens is 242 g/mol. The second kappa shape index (κ2) is 4.71. The molecule has 1 saturated heterocycles. The summed E-state index contributed by atoms with van der Waals surface area (Å²) in [6, 6.07) is 2.79. The van der Waals surface area contributed by atoms with Gasteiger partial charge in [0.25, 0.3) is 5.91 Å². The number of rotatable bonds is 2. The average Bonchev–Trinajstić information content (AvgIpc) is 2.73. The Morgan fingerprint density at radius 1 is 1.59 bits per heavy atom. The van der Waals surface area contributed by atoms with Crippen molar-refractivity contribution in [3.63, 3.8) is 0 Å². The van der Waals surface area contributed by atoms with E-state index >= 15 is 0 Å². The quantitative estimate of drug-likeness (QED) is 0.812. The molecule has 1 aromatic rings. The first kappa shape index (κ1) is 11.9. The van der Waals surface area contributed by atoms with Crippen LogP contribution in [0.15, 0.2) is 12.1 Å². The normalized spacial score (nSPS) is 14.9. The minimum atomic E-state index is -0.360. The molecule has 0 aliphatic carbocycles. The molecule has 0 atom stereocenters. The Bertz CT molecular complexity index is 476. The smallest absolute Gasteiger partial charge is 0.324 e. The summed E-state index contributed by atoms with van der Waals surface area (Å²) in [7, 11) is 0. The molecule has 1 aliphatic rings. The molecule has 1 aromatic heterocycles. The summed E-state index contributed by atoms with van der Waals surface area (Å²) < 4.78 is 0. The molecule has 0 unspecified atom stereocenters. The number of imide groups is 1. The molecule has 1 aliphatic heterocycles. The minimum absolute atomic E-state index is 0.271. The van der Waals surface area contributed by atoms with Gasteiger partial charge in [0, 0.05) is 24.3 Å². The van der Waals surface area contributed by atoms with E-state index in [9.17, 15) is 9.59 Å². The van der Waals surface area contributed by atoms with Gasteiger partial charge in [0.15, 0.2) is 0 Å². The van der Waals surface area contributed by atoms with E-state index < -0.39 is 0 Å². The van der Waals surface area contributed by atoms with Crippen LogP contribution in [0.5, 0.6) is 0 Å². The summed E-state index contributed by atoms with van der Waals surface area (Å²) in [6.07, 6.45) is 0.688. The number of carbonyl (C=O) groups excluding carboxylic acids is 2. The van der Waals surface area contributed by atoms with Crippen LogP contribution in [0.1, 0.15) is 23.0 Å². The SMILES string of the molecule is CCc1cc(C(=O)N2CCNC2=O)cc(Cl)n1. The van der Waals surface area contributed by atoms with Gasteiger partial charge in [0.05, 0.1) is 0 Å². The van der Waals surface area contributed by atoms with Crippen molar-refractivity contribution in [3.8, 4) is 0 Å². The lowest BCUT2D eigenvalue weighted by Crippen LogP contribution is -2.34. The lowest BCUT2D eigenvalue weighted by molar-refractivity contribution is 0.0829. The van der Waals surface area contributed by atoms with E-state index in [1.54, 1.807) is 6.07 Å². The number of hydrogen-bond donors (Lipinski definition) is 1. The number of nitrogens with zero attached hydrogens (tertiary/aromatic N) is 2. The van der Waals surface area contributed by atoms with Crippen molar-refractivity contribution >= 4 is 23.5 Å². The molecule has 3 amide bonds. The first-order valence-corrected chi connectivity index (χ1v) is 5.75. The molecule has 0 saturated carbocycles. The minimum Gasteiger partial charge on any atom is -0.336 e. The molecule has 1 N–H and O–H groups in total. The number of amides is 3. The zero-order valence-electron chi connectivity index (χ0n) is 9.36. The van der Waals surface area contributed by atoms with Crippen molar-refractivity contribution < 1.29 is 9.59 Å². The Morgan fingerprint density at radius 3 is 2.94 bits per heavy atom. The molecular formula is C11H12ClN3O2. The average molecular weight is 254 g/mol. The van der Waals surface area contributed by atoms with Gasteiger partial charge in [-0.3, -0.25) is 9.69 Å². The lowest BCUT2D eigenvalue weighted by atomic mass is 10.2. The monoisotopic (exact) mass is 253 g/mol. The second-order valence-electron chi connectivity index (χ2n) is 3.71. The van der Waals surface area contributed by atoms with Gasteiger partial charge < -0.3 is 5.32 Å². The van der Waals surface area contributed by atoms with Crippen LogP contribution in [0.3, 0.4) is 0 Å². The van der Waals surface area contributed by atoms with Crippen LogP contribution in [0.4, 0.5) is 4.79 Å². The Morgan fingerprint density at radius 2 is 2.35 bits per heavy atom. The van der Waals surface area contributed by atoms with Gasteiger partial charge >= 0.3 is 6.03 Å². The molecule has 1 fully saturated rings. The fourth-order valence-electron chi connectivity index (χ4n) is 1.68. The van der Waals surface area contributed by atoms with E-state index in [4.69, 9.17) is 11.6 Å². The van der Waals surface area contributed by atoms with Crippen molar-refractivity contribution in [2.45, 2.75) is 13.3 Å². The summed E-state index contributed by atoms with van der Waals surface area (Å²) >= 11 is 5.83. The van der Waals surface area contributed by atoms with Crippen molar-refractivity contribution in [1.82, 2.24) is 15.2 Å². The molecule has 0 aromatic carbocycles. The molecule has 2 rings (SSSR count). The largest absolute Gasteiger partial charge is 0.336 e. The molecule has 90 valence electrons. The summed E-state index contributed by atoms with van der Waals surface area (Å²) in [4.78, 5) is 28.7. The van der Waals surface area contributed by atoms with E-state index in [0.29, 0.717) is 25.1 Å². The van der Waals surface area contributed by atoms with Gasteiger partial charge in [0.1, 0.15) is 5.15 Å². The topological polar surface area (TPSA) is 62.3 Å². The zero-order valence-corrected chi connectivity index (χ0v) is 10.1. The summed E-state index contributed by atoms with van der Waals surface area (Å²) in [5.41, 5.74) is 1.14. The third-order valence-corrected chi connectivity index (χ3v) is 2.75. The van der Waals surface area contributed by atoms with Crippen molar-refractivity contribution in [3.05, 3.63) is 28.5 Å². The van der Waals surface area contributed by atoms with Gasteiger partial charge in [-0.25, -0.2) is 9.78 Å². The highest BCUT2D eigenvalue weighted by Gasteiger charge is 2.27. The van der Waals surface area contributed by atoms with Crippen LogP contribution in [0.25, 0.3) is 0 Å². The number of halogens is 1. The van der Waals surface area contributed by atoms with E-state index in [1.165, 1.54) is 11.0 Å². The van der Waals surface area contributed by atoms with Crippen LogP contribution >= 0.6 is 11.6 Å². The predicted octanol–water partition coefficient (Wildman–Crippen LogP) is 1.46. The predicted molar refractivity (Wildman–Crippen MR) is 63.1 cm³/mol. The lowest BCUT2D eigenvalue weighted by Gasteiger charge is -2.12. The van der Waals surface area contributed by atoms with E-state index in [2.05, 4.69) is 10.3 Å². The van der Waals surface area contributed by atoms with Gasteiger partial charge in [0.2, 0.25) is 0 Å². The number of pyridine rings is 1. The standard InChI is InChI=1S/C11H12ClN3O2/c1-2-8-5-7(6-9(12)14-8)10(16)15-4-3-13-11(15)17/h5-6H,2-4H2,1H3,(H,13,17). The Labute approximate surface area is 104 Å². The summed E-state index contributed by atoms with van der Waals surface area (Å²) in [5, 5.41) is 2.85. The van der Waals surface area contributed by atoms with Crippen LogP contribution < -0.4 is 5.32 Å². The number of aromatic nitrogens is 1. The fourth-order valence-corrected chi connectivity index (χ4v) is 1.90. The van der Waals surface area contributed by atoms with Gasteiger partial charge in [-0.05, 0) is 18.6 Å². The molecule has 6 heteroatoms. The fraction of sp³-hybridized carbons (Fsp3) is 0.364. The molecule has 5 nitrogen and oxygen atoms in total.